The fourth-order valence-electron chi connectivity index (χ4n) is 5.42. The number of urea groups is 1. The number of aromatic nitrogens is 1. The number of phenols is 1. The molecule has 2 aromatic carbocycles. The number of phenolic OH excluding ortho intramolecular Hbond substituents is 1. The summed E-state index contributed by atoms with van der Waals surface area (Å²) in [6.45, 7) is 2.80. The number of benzene rings is 2. The van der Waals surface area contributed by atoms with E-state index in [1.54, 1.807) is 42.2 Å². The molecule has 36 heavy (non-hydrogen) atoms. The van der Waals surface area contributed by atoms with E-state index in [0.29, 0.717) is 29.9 Å². The molecule has 186 valence electrons. The topological polar surface area (TPSA) is 89.1 Å². The van der Waals surface area contributed by atoms with Gasteiger partial charge in [0.1, 0.15) is 17.3 Å². The van der Waals surface area contributed by atoms with E-state index >= 15 is 0 Å². The summed E-state index contributed by atoms with van der Waals surface area (Å²) in [5.41, 5.74) is 1.48. The highest BCUT2D eigenvalue weighted by atomic mass is 19.1. The zero-order valence-corrected chi connectivity index (χ0v) is 20.3. The number of hydrogen-bond acceptors (Lipinski definition) is 5. The summed E-state index contributed by atoms with van der Waals surface area (Å²) in [6.07, 6.45) is 5.63. The molecule has 9 heteroatoms. The van der Waals surface area contributed by atoms with Crippen molar-refractivity contribution >= 4 is 22.8 Å². The molecule has 2 aliphatic heterocycles. The van der Waals surface area contributed by atoms with Crippen LogP contribution in [-0.4, -0.2) is 76.1 Å². The quantitative estimate of drug-likeness (QED) is 0.409. The van der Waals surface area contributed by atoms with E-state index in [4.69, 9.17) is 11.2 Å². The van der Waals surface area contributed by atoms with Crippen LogP contribution < -0.4 is 4.74 Å². The maximum atomic E-state index is 14.5. The number of aromatic amines is 1. The lowest BCUT2D eigenvalue weighted by atomic mass is 9.81. The number of rotatable bonds is 6. The lowest BCUT2D eigenvalue weighted by Gasteiger charge is -2.42. The minimum Gasteiger partial charge on any atom is -0.508 e. The molecule has 8 nitrogen and oxygen atoms in total. The van der Waals surface area contributed by atoms with Gasteiger partial charge >= 0.3 is 6.03 Å². The van der Waals surface area contributed by atoms with Gasteiger partial charge in [-0.15, -0.1) is 6.42 Å². The molecule has 0 bridgehead atoms. The van der Waals surface area contributed by atoms with Gasteiger partial charge in [0.15, 0.2) is 11.6 Å². The Bertz CT molecular complexity index is 1430. The molecule has 1 saturated heterocycles. The second-order valence-corrected chi connectivity index (χ2v) is 9.55. The Morgan fingerprint density at radius 2 is 2.11 bits per heavy atom. The number of nitrogens with zero attached hydrogens (tertiary/aromatic N) is 3. The van der Waals surface area contributed by atoms with E-state index in [1.165, 1.54) is 18.1 Å². The molecule has 1 fully saturated rings. The number of hydrogen-bond donors (Lipinski definition) is 2. The van der Waals surface area contributed by atoms with Crippen LogP contribution in [-0.2, 0) is 11.2 Å². The normalized spacial score (nSPS) is 21.2. The Kier molecular flexibility index (Phi) is 5.64. The number of fused-ring (bicyclic) bond motifs is 4. The third-order valence-corrected chi connectivity index (χ3v) is 7.19. The van der Waals surface area contributed by atoms with Crippen LogP contribution in [0.1, 0.15) is 29.8 Å². The number of terminal acetylenes is 1. The first kappa shape index (κ1) is 23.7. The van der Waals surface area contributed by atoms with Crippen molar-refractivity contribution in [2.24, 2.45) is 0 Å². The third kappa shape index (κ3) is 3.48. The average molecular weight is 491 g/mol. The first-order chi connectivity index (χ1) is 17.2. The Labute approximate surface area is 208 Å². The van der Waals surface area contributed by atoms with E-state index < -0.39 is 23.4 Å². The van der Waals surface area contributed by atoms with Gasteiger partial charge in [0, 0.05) is 42.2 Å². The van der Waals surface area contributed by atoms with E-state index in [-0.39, 0.29) is 30.4 Å². The van der Waals surface area contributed by atoms with Gasteiger partial charge in [-0.25, -0.2) is 9.18 Å². The number of halogens is 1. The monoisotopic (exact) mass is 490 g/mol. The highest BCUT2D eigenvalue weighted by Crippen LogP contribution is 2.49. The van der Waals surface area contributed by atoms with Crippen LogP contribution in [0, 0.1) is 18.2 Å². The molecule has 2 atom stereocenters. The predicted molar refractivity (Wildman–Crippen MR) is 132 cm³/mol. The Balaban J connectivity index is 1.67. The van der Waals surface area contributed by atoms with E-state index in [0.717, 1.165) is 10.9 Å². The van der Waals surface area contributed by atoms with Gasteiger partial charge in [-0.05, 0) is 43.3 Å². The Morgan fingerprint density at radius 1 is 1.33 bits per heavy atom. The van der Waals surface area contributed by atoms with Crippen molar-refractivity contribution in [3.8, 4) is 23.8 Å². The van der Waals surface area contributed by atoms with Crippen LogP contribution in [0.15, 0.2) is 36.4 Å². The zero-order valence-electron chi connectivity index (χ0n) is 20.3. The molecule has 2 aliphatic rings. The van der Waals surface area contributed by atoms with Crippen molar-refractivity contribution in [2.45, 2.75) is 24.9 Å². The van der Waals surface area contributed by atoms with Crippen molar-refractivity contribution in [3.05, 3.63) is 59.0 Å². The fraction of sp³-hybridized carbons (Fsp3) is 0.333. The summed E-state index contributed by atoms with van der Waals surface area (Å²) in [6, 6.07) is 8.47. The van der Waals surface area contributed by atoms with Gasteiger partial charge in [0.05, 0.1) is 13.7 Å². The van der Waals surface area contributed by atoms with Crippen LogP contribution >= 0.6 is 0 Å². The molecule has 0 aliphatic carbocycles. The summed E-state index contributed by atoms with van der Waals surface area (Å²) in [5, 5.41) is 11.0. The van der Waals surface area contributed by atoms with Gasteiger partial charge in [0.2, 0.25) is 0 Å². The number of nitrogens with one attached hydrogen (secondary N) is 1. The van der Waals surface area contributed by atoms with Gasteiger partial charge in [-0.3, -0.25) is 19.5 Å². The van der Waals surface area contributed by atoms with E-state index in [1.807, 2.05) is 11.9 Å². The van der Waals surface area contributed by atoms with Gasteiger partial charge in [0.25, 0.3) is 5.91 Å². The fourth-order valence-corrected chi connectivity index (χ4v) is 5.42. The minimum absolute atomic E-state index is 0.0379. The van der Waals surface area contributed by atoms with Crippen molar-refractivity contribution < 1.29 is 23.8 Å². The van der Waals surface area contributed by atoms with Crippen LogP contribution in [0.2, 0.25) is 0 Å². The summed E-state index contributed by atoms with van der Waals surface area (Å²) >= 11 is 0. The number of carbonyl (C=O) groups is 2. The molecule has 0 radical (unpaired) electrons. The largest absolute Gasteiger partial charge is 0.508 e. The standard InChI is InChI=1S/C27H27FN4O4/c1-5-9-30(3)10-11-31-25(34)27(2)15-19-18-13-22(36-4)20(28)14-21(18)29-23(19)24(32(27)26(31)35)16-7-6-8-17(33)12-16/h1,6-8,12-14,24,29,33H,9-11,15H2,2-4H3. The number of imide groups is 1. The second-order valence-electron chi connectivity index (χ2n) is 9.55. The van der Waals surface area contributed by atoms with Crippen molar-refractivity contribution in [3.63, 3.8) is 0 Å². The molecule has 5 rings (SSSR count). The minimum atomic E-state index is -1.18. The maximum Gasteiger partial charge on any atom is 0.328 e. The number of aromatic hydroxyl groups is 1. The molecular weight excluding hydrogens is 463 g/mol. The first-order valence-corrected chi connectivity index (χ1v) is 11.6. The molecular formula is C27H27FN4O4. The van der Waals surface area contributed by atoms with E-state index in [2.05, 4.69) is 10.9 Å². The van der Waals surface area contributed by atoms with E-state index in [9.17, 15) is 19.1 Å². The SMILES string of the molecule is C#CCN(C)CCN1C(=O)N2C(c3cccc(O)c3)c3[nH]c4cc(F)c(OC)cc4c3CC2(C)C1=O. The van der Waals surface area contributed by atoms with Crippen molar-refractivity contribution in [1.29, 1.82) is 0 Å². The number of ether oxygens (including phenoxy) is 1. The number of carbonyl (C=O) groups excluding carboxylic acids is 2. The summed E-state index contributed by atoms with van der Waals surface area (Å²) in [5.74, 6) is 1.87. The molecule has 2 N–H and O–H groups in total. The Morgan fingerprint density at radius 3 is 2.81 bits per heavy atom. The number of amides is 3. The second kappa shape index (κ2) is 8.57. The van der Waals surface area contributed by atoms with Crippen LogP contribution in [0.5, 0.6) is 11.5 Å². The molecule has 0 spiro atoms. The molecule has 3 amide bonds. The van der Waals surface area contributed by atoms with Crippen LogP contribution in [0.25, 0.3) is 10.9 Å². The molecule has 0 saturated carbocycles. The number of H-pyrrole nitrogens is 1. The molecule has 3 aromatic rings. The first-order valence-electron chi connectivity index (χ1n) is 11.6. The van der Waals surface area contributed by atoms with Crippen LogP contribution in [0.4, 0.5) is 9.18 Å². The third-order valence-electron chi connectivity index (χ3n) is 7.19. The molecule has 1 aromatic heterocycles. The maximum absolute atomic E-state index is 14.5. The lowest BCUT2D eigenvalue weighted by molar-refractivity contribution is -0.133. The average Bonchev–Trinajstić information content (AvgIpc) is 3.27. The van der Waals surface area contributed by atoms with Crippen LogP contribution in [0.3, 0.4) is 0 Å². The van der Waals surface area contributed by atoms with Crippen molar-refractivity contribution in [2.75, 3.05) is 33.8 Å². The summed E-state index contributed by atoms with van der Waals surface area (Å²) < 4.78 is 19.7. The number of likely N-dealkylation sites (N-methyl/N-ethyl adjacent to an activating group) is 1. The zero-order chi connectivity index (χ0) is 25.8. The smallest absolute Gasteiger partial charge is 0.328 e. The summed E-state index contributed by atoms with van der Waals surface area (Å²) in [4.78, 5) is 35.6. The van der Waals surface area contributed by atoms with Crippen molar-refractivity contribution in [1.82, 2.24) is 19.7 Å². The highest BCUT2D eigenvalue weighted by Gasteiger charge is 2.60. The van der Waals surface area contributed by atoms with Gasteiger partial charge < -0.3 is 14.8 Å². The molecule has 2 unspecified atom stereocenters. The highest BCUT2D eigenvalue weighted by molar-refractivity contribution is 6.08. The van der Waals surface area contributed by atoms with Gasteiger partial charge in [-0.2, -0.15) is 0 Å². The summed E-state index contributed by atoms with van der Waals surface area (Å²) in [7, 11) is 3.23. The lowest BCUT2D eigenvalue weighted by Crippen LogP contribution is -2.53. The Hall–Kier alpha value is -4.03. The molecule has 3 heterocycles. The van der Waals surface area contributed by atoms with Gasteiger partial charge in [-0.1, -0.05) is 18.1 Å². The number of methoxy groups -OCH3 is 1. The predicted octanol–water partition coefficient (Wildman–Crippen LogP) is 3.25.